The molecule has 0 atom stereocenters. The summed E-state index contributed by atoms with van der Waals surface area (Å²) in [5.74, 6) is -2.80. The molecular formula is C15H11F3O. The van der Waals surface area contributed by atoms with Crippen molar-refractivity contribution < 1.29 is 18.0 Å². The quantitative estimate of drug-likeness (QED) is 0.750. The van der Waals surface area contributed by atoms with Gasteiger partial charge in [0.25, 0.3) is 0 Å². The Morgan fingerprint density at radius 1 is 0.842 bits per heavy atom. The van der Waals surface area contributed by atoms with Gasteiger partial charge in [-0.05, 0) is 49.2 Å². The Hall–Kier alpha value is -2.10. The Kier molecular flexibility index (Phi) is 3.42. The van der Waals surface area contributed by atoms with Crippen molar-refractivity contribution in [2.24, 2.45) is 0 Å². The molecule has 2 aromatic rings. The van der Waals surface area contributed by atoms with Gasteiger partial charge in [0.2, 0.25) is 0 Å². The average molecular weight is 264 g/mol. The van der Waals surface area contributed by atoms with Gasteiger partial charge in [0.05, 0.1) is 5.56 Å². The van der Waals surface area contributed by atoms with Crippen molar-refractivity contribution in [3.63, 3.8) is 0 Å². The molecule has 0 aromatic heterocycles. The molecule has 0 saturated heterocycles. The van der Waals surface area contributed by atoms with Crippen LogP contribution in [-0.4, -0.2) is 5.78 Å². The number of benzene rings is 2. The zero-order chi connectivity index (χ0) is 14.2. The van der Waals surface area contributed by atoms with Gasteiger partial charge in [-0.2, -0.15) is 0 Å². The number of aryl methyl sites for hydroxylation is 2. The first-order valence-electron chi connectivity index (χ1n) is 5.66. The van der Waals surface area contributed by atoms with Gasteiger partial charge < -0.3 is 0 Å². The Balaban J connectivity index is 2.56. The minimum atomic E-state index is -0.812. The van der Waals surface area contributed by atoms with Gasteiger partial charge in [-0.25, -0.2) is 13.2 Å². The van der Waals surface area contributed by atoms with Gasteiger partial charge in [0.15, 0.2) is 5.78 Å². The number of halogens is 3. The number of carbonyl (C=O) groups excluding carboxylic acids is 1. The summed E-state index contributed by atoms with van der Waals surface area (Å²) in [5.41, 5.74) is 0.260. The van der Waals surface area contributed by atoms with Crippen LogP contribution in [0.2, 0.25) is 0 Å². The van der Waals surface area contributed by atoms with E-state index in [2.05, 4.69) is 0 Å². The minimum absolute atomic E-state index is 0.0298. The minimum Gasteiger partial charge on any atom is -0.288 e. The second kappa shape index (κ2) is 4.88. The lowest BCUT2D eigenvalue weighted by Gasteiger charge is -2.07. The summed E-state index contributed by atoms with van der Waals surface area (Å²) >= 11 is 0. The molecule has 0 N–H and O–H groups in total. The molecule has 0 aliphatic heterocycles. The van der Waals surface area contributed by atoms with E-state index in [1.54, 1.807) is 6.92 Å². The predicted molar refractivity (Wildman–Crippen MR) is 65.7 cm³/mol. The first-order chi connectivity index (χ1) is 8.90. The van der Waals surface area contributed by atoms with E-state index < -0.39 is 28.8 Å². The highest BCUT2D eigenvalue weighted by Crippen LogP contribution is 2.20. The van der Waals surface area contributed by atoms with Gasteiger partial charge in [0, 0.05) is 5.56 Å². The van der Waals surface area contributed by atoms with E-state index >= 15 is 0 Å². The van der Waals surface area contributed by atoms with Crippen molar-refractivity contribution in [1.29, 1.82) is 0 Å². The molecule has 19 heavy (non-hydrogen) atoms. The number of carbonyl (C=O) groups is 1. The zero-order valence-electron chi connectivity index (χ0n) is 10.4. The lowest BCUT2D eigenvalue weighted by molar-refractivity contribution is 0.103. The maximum atomic E-state index is 13.7. The van der Waals surface area contributed by atoms with E-state index in [1.807, 2.05) is 0 Å². The van der Waals surface area contributed by atoms with Crippen molar-refractivity contribution >= 4 is 5.78 Å². The maximum absolute atomic E-state index is 13.7. The van der Waals surface area contributed by atoms with E-state index in [0.717, 1.165) is 18.2 Å². The molecule has 2 rings (SSSR count). The summed E-state index contributed by atoms with van der Waals surface area (Å²) in [6.07, 6.45) is 0. The van der Waals surface area contributed by atoms with Gasteiger partial charge in [-0.1, -0.05) is 6.07 Å². The number of hydrogen-bond donors (Lipinski definition) is 0. The summed E-state index contributed by atoms with van der Waals surface area (Å²) in [6.45, 7) is 3.01. The Bertz CT molecular complexity index is 663. The van der Waals surface area contributed by atoms with Crippen molar-refractivity contribution in [1.82, 2.24) is 0 Å². The maximum Gasteiger partial charge on any atom is 0.196 e. The molecular weight excluding hydrogens is 253 g/mol. The number of hydrogen-bond acceptors (Lipinski definition) is 1. The molecule has 98 valence electrons. The molecule has 0 saturated carbocycles. The molecule has 0 aliphatic rings. The fraction of sp³-hybridized carbons (Fsp3) is 0.133. The largest absolute Gasteiger partial charge is 0.288 e. The summed E-state index contributed by atoms with van der Waals surface area (Å²) < 4.78 is 40.3. The van der Waals surface area contributed by atoms with Crippen LogP contribution in [-0.2, 0) is 0 Å². The summed E-state index contributed by atoms with van der Waals surface area (Å²) in [7, 11) is 0. The van der Waals surface area contributed by atoms with Crippen LogP contribution in [0.5, 0.6) is 0 Å². The molecule has 0 heterocycles. The highest BCUT2D eigenvalue weighted by atomic mass is 19.1. The van der Waals surface area contributed by atoms with Crippen LogP contribution in [0.4, 0.5) is 13.2 Å². The summed E-state index contributed by atoms with van der Waals surface area (Å²) in [4.78, 5) is 12.1. The molecule has 1 nitrogen and oxygen atoms in total. The number of ketones is 1. The predicted octanol–water partition coefficient (Wildman–Crippen LogP) is 3.95. The molecule has 0 unspecified atom stereocenters. The molecule has 0 bridgehead atoms. The van der Waals surface area contributed by atoms with E-state index in [0.29, 0.717) is 5.56 Å². The van der Waals surface area contributed by atoms with Gasteiger partial charge in [-0.3, -0.25) is 4.79 Å². The van der Waals surface area contributed by atoms with E-state index in [4.69, 9.17) is 0 Å². The van der Waals surface area contributed by atoms with Crippen molar-refractivity contribution in [2.75, 3.05) is 0 Å². The number of rotatable bonds is 2. The molecule has 2 aromatic carbocycles. The molecule has 0 spiro atoms. The molecule has 0 fully saturated rings. The third-order valence-corrected chi connectivity index (χ3v) is 2.94. The van der Waals surface area contributed by atoms with Crippen LogP contribution in [0.25, 0.3) is 0 Å². The Morgan fingerprint density at radius 2 is 1.53 bits per heavy atom. The molecule has 0 aliphatic carbocycles. The van der Waals surface area contributed by atoms with Crippen LogP contribution in [0.1, 0.15) is 27.0 Å². The van der Waals surface area contributed by atoms with Gasteiger partial charge >= 0.3 is 0 Å². The van der Waals surface area contributed by atoms with E-state index in [1.165, 1.54) is 19.1 Å². The van der Waals surface area contributed by atoms with E-state index in [-0.39, 0.29) is 11.1 Å². The second-order valence-electron chi connectivity index (χ2n) is 4.37. The fourth-order valence-corrected chi connectivity index (χ4v) is 1.80. The van der Waals surface area contributed by atoms with Crippen LogP contribution in [0.15, 0.2) is 30.3 Å². The molecule has 0 amide bonds. The fourth-order valence-electron chi connectivity index (χ4n) is 1.80. The third kappa shape index (κ3) is 2.52. The second-order valence-corrected chi connectivity index (χ2v) is 4.37. The van der Waals surface area contributed by atoms with Crippen LogP contribution in [0.3, 0.4) is 0 Å². The van der Waals surface area contributed by atoms with Crippen molar-refractivity contribution in [3.8, 4) is 0 Å². The van der Waals surface area contributed by atoms with Crippen molar-refractivity contribution in [3.05, 3.63) is 70.0 Å². The Morgan fingerprint density at radius 3 is 2.21 bits per heavy atom. The van der Waals surface area contributed by atoms with Crippen LogP contribution >= 0.6 is 0 Å². The summed E-state index contributed by atoms with van der Waals surface area (Å²) in [5, 5.41) is 0. The highest BCUT2D eigenvalue weighted by Gasteiger charge is 2.18. The molecule has 0 radical (unpaired) electrons. The normalized spacial score (nSPS) is 10.6. The SMILES string of the molecule is Cc1cc(F)c(C(=O)c2cc(F)ccc2C)cc1F. The third-order valence-electron chi connectivity index (χ3n) is 2.94. The lowest BCUT2D eigenvalue weighted by atomic mass is 9.97. The monoisotopic (exact) mass is 264 g/mol. The topological polar surface area (TPSA) is 17.1 Å². The highest BCUT2D eigenvalue weighted by molar-refractivity contribution is 6.10. The zero-order valence-corrected chi connectivity index (χ0v) is 10.4. The van der Waals surface area contributed by atoms with Crippen molar-refractivity contribution in [2.45, 2.75) is 13.8 Å². The van der Waals surface area contributed by atoms with E-state index in [9.17, 15) is 18.0 Å². The smallest absolute Gasteiger partial charge is 0.196 e. The summed E-state index contributed by atoms with van der Waals surface area (Å²) in [6, 6.07) is 5.45. The van der Waals surface area contributed by atoms with Crippen LogP contribution in [0, 0.1) is 31.3 Å². The van der Waals surface area contributed by atoms with Gasteiger partial charge in [0.1, 0.15) is 17.5 Å². The standard InChI is InChI=1S/C15H11F3O/c1-8-3-4-10(16)6-11(8)15(19)12-7-13(17)9(2)5-14(12)18/h3-7H,1-2H3. The molecule has 4 heteroatoms. The first-order valence-corrected chi connectivity index (χ1v) is 5.66. The van der Waals surface area contributed by atoms with Crippen LogP contribution < -0.4 is 0 Å². The average Bonchev–Trinajstić information content (AvgIpc) is 2.36. The first kappa shape index (κ1) is 13.3. The lowest BCUT2D eigenvalue weighted by Crippen LogP contribution is -2.08. The Labute approximate surface area is 108 Å². The van der Waals surface area contributed by atoms with Gasteiger partial charge in [-0.15, -0.1) is 0 Å².